The number of rotatable bonds is 62. The van der Waals surface area contributed by atoms with Crippen LogP contribution in [-0.2, 0) is 28.6 Å². The van der Waals surface area contributed by atoms with Crippen LogP contribution in [0.5, 0.6) is 0 Å². The second-order valence-electron chi connectivity index (χ2n) is 22.7. The van der Waals surface area contributed by atoms with Crippen molar-refractivity contribution in [3.63, 3.8) is 0 Å². The van der Waals surface area contributed by atoms with Gasteiger partial charge in [0, 0.05) is 19.3 Å². The summed E-state index contributed by atoms with van der Waals surface area (Å²) < 4.78 is 17.0. The van der Waals surface area contributed by atoms with E-state index in [9.17, 15) is 14.4 Å². The predicted octanol–water partition coefficient (Wildman–Crippen LogP) is 24.1. The average Bonchev–Trinajstić information content (AvgIpc) is 3.50. The summed E-state index contributed by atoms with van der Waals surface area (Å²) in [5, 5.41) is 0. The Bertz CT molecular complexity index is 1750. The first-order valence-corrected chi connectivity index (χ1v) is 34.7. The first kappa shape index (κ1) is 78.5. The van der Waals surface area contributed by atoms with Gasteiger partial charge in [-0.1, -0.05) is 315 Å². The van der Waals surface area contributed by atoms with Crippen molar-refractivity contribution in [1.29, 1.82) is 0 Å². The van der Waals surface area contributed by atoms with E-state index in [1.165, 1.54) is 128 Å². The molecule has 1 unspecified atom stereocenters. The average molecular weight is 1150 g/mol. The zero-order chi connectivity index (χ0) is 59.9. The van der Waals surface area contributed by atoms with Gasteiger partial charge in [-0.05, 0) is 116 Å². The molecule has 0 aliphatic heterocycles. The molecule has 0 aromatic heterocycles. The maximum Gasteiger partial charge on any atom is 0.306 e. The highest BCUT2D eigenvalue weighted by atomic mass is 16.6. The van der Waals surface area contributed by atoms with Gasteiger partial charge in [-0.25, -0.2) is 0 Å². The number of hydrogen-bond acceptors (Lipinski definition) is 6. The summed E-state index contributed by atoms with van der Waals surface area (Å²) >= 11 is 0. The maximum absolute atomic E-state index is 13.0. The van der Waals surface area contributed by atoms with Gasteiger partial charge < -0.3 is 14.2 Å². The van der Waals surface area contributed by atoms with Crippen LogP contribution in [0.4, 0.5) is 0 Å². The van der Waals surface area contributed by atoms with Crippen LogP contribution in [0.25, 0.3) is 0 Å². The van der Waals surface area contributed by atoms with E-state index in [2.05, 4.69) is 154 Å². The van der Waals surface area contributed by atoms with Gasteiger partial charge in [-0.3, -0.25) is 14.4 Å². The molecule has 1 atom stereocenters. The number of hydrogen-bond donors (Lipinski definition) is 0. The molecule has 472 valence electrons. The standard InChI is InChI=1S/C77H128O6/c1-4-7-10-13-16-19-22-25-28-31-34-36-37-38-39-41-43-46-49-52-55-58-61-64-67-70-76(79)82-73-74(72-81-75(78)69-66-63-60-57-54-51-48-45-42-33-30-27-24-21-18-15-12-9-6-3)83-77(80)71-68-65-62-59-56-53-50-47-44-40-35-32-29-26-23-20-17-14-11-8-5-2/h7,9-10,12,16,18-19,21,25,27-28,30,34,36,38-39,42-43,45-46,52,55,74H,4-6,8,11,13-15,17,20,22-24,26,29,31-33,35,37,40-41,44,47-51,53-54,56-73H2,1-3H3/b10-7-,12-9-,19-16-,21-18-,28-25-,30-27-,36-34-,39-38-,45-42-,46-43-,55-52-. The Morgan fingerprint density at radius 1 is 0.253 bits per heavy atom. The molecule has 0 bridgehead atoms. The number of esters is 3. The molecule has 0 rings (SSSR count). The number of carbonyl (C=O) groups is 3. The number of unbranched alkanes of at least 4 members (excludes halogenated alkanes) is 29. The molecular formula is C77H128O6. The summed E-state index contributed by atoms with van der Waals surface area (Å²) in [6, 6.07) is 0. The number of carbonyl (C=O) groups excluding carboxylic acids is 3. The Labute approximate surface area is 513 Å². The van der Waals surface area contributed by atoms with E-state index in [0.29, 0.717) is 19.3 Å². The monoisotopic (exact) mass is 1150 g/mol. The van der Waals surface area contributed by atoms with E-state index in [4.69, 9.17) is 14.2 Å². The van der Waals surface area contributed by atoms with Crippen molar-refractivity contribution in [2.24, 2.45) is 0 Å². The van der Waals surface area contributed by atoms with E-state index >= 15 is 0 Å². The first-order valence-electron chi connectivity index (χ1n) is 34.7. The summed E-state index contributed by atoms with van der Waals surface area (Å²) in [5.74, 6) is -0.934. The molecule has 0 spiro atoms. The van der Waals surface area contributed by atoms with Gasteiger partial charge in [0.15, 0.2) is 6.10 Å². The van der Waals surface area contributed by atoms with Crippen molar-refractivity contribution in [1.82, 2.24) is 0 Å². The summed E-state index contributed by atoms with van der Waals surface area (Å²) in [5.41, 5.74) is 0. The van der Waals surface area contributed by atoms with Crippen LogP contribution in [0.1, 0.15) is 316 Å². The van der Waals surface area contributed by atoms with Crippen molar-refractivity contribution in [2.45, 2.75) is 322 Å². The van der Waals surface area contributed by atoms with Gasteiger partial charge in [-0.2, -0.15) is 0 Å². The largest absolute Gasteiger partial charge is 0.462 e. The van der Waals surface area contributed by atoms with Crippen LogP contribution in [0.2, 0.25) is 0 Å². The van der Waals surface area contributed by atoms with Crippen molar-refractivity contribution in [3.8, 4) is 0 Å². The Morgan fingerprint density at radius 2 is 0.470 bits per heavy atom. The molecule has 6 nitrogen and oxygen atoms in total. The molecule has 0 saturated carbocycles. The fourth-order valence-electron chi connectivity index (χ4n) is 9.53. The minimum atomic E-state index is -0.804. The third-order valence-corrected chi connectivity index (χ3v) is 14.7. The lowest BCUT2D eigenvalue weighted by molar-refractivity contribution is -0.167. The highest BCUT2D eigenvalue weighted by Crippen LogP contribution is 2.17. The molecule has 0 fully saturated rings. The van der Waals surface area contributed by atoms with Crippen molar-refractivity contribution < 1.29 is 28.6 Å². The highest BCUT2D eigenvalue weighted by Gasteiger charge is 2.19. The fourth-order valence-corrected chi connectivity index (χ4v) is 9.53. The zero-order valence-electron chi connectivity index (χ0n) is 54.2. The van der Waals surface area contributed by atoms with Gasteiger partial charge in [0.2, 0.25) is 0 Å². The fraction of sp³-hybridized carbons (Fsp3) is 0.675. The summed E-state index contributed by atoms with van der Waals surface area (Å²) in [7, 11) is 0. The summed E-state index contributed by atoms with van der Waals surface area (Å²) in [6.45, 7) is 6.41. The Kier molecular flexibility index (Phi) is 66.3. The third-order valence-electron chi connectivity index (χ3n) is 14.7. The molecule has 0 amide bonds. The van der Waals surface area contributed by atoms with Crippen LogP contribution in [0.3, 0.4) is 0 Å². The van der Waals surface area contributed by atoms with Crippen LogP contribution in [-0.4, -0.2) is 37.2 Å². The van der Waals surface area contributed by atoms with Crippen molar-refractivity contribution in [2.75, 3.05) is 13.2 Å². The minimum absolute atomic E-state index is 0.0979. The molecule has 0 N–H and O–H groups in total. The van der Waals surface area contributed by atoms with E-state index in [1.54, 1.807) is 0 Å². The summed E-state index contributed by atoms with van der Waals surface area (Å²) in [4.78, 5) is 38.5. The second-order valence-corrected chi connectivity index (χ2v) is 22.7. The normalized spacial score (nSPS) is 13.0. The molecule has 0 aliphatic carbocycles. The molecule has 0 aliphatic rings. The van der Waals surface area contributed by atoms with Crippen LogP contribution < -0.4 is 0 Å². The van der Waals surface area contributed by atoms with Crippen LogP contribution >= 0.6 is 0 Å². The Hall–Kier alpha value is -4.45. The van der Waals surface area contributed by atoms with Crippen molar-refractivity contribution in [3.05, 3.63) is 134 Å². The lowest BCUT2D eigenvalue weighted by atomic mass is 10.0. The van der Waals surface area contributed by atoms with Gasteiger partial charge in [0.05, 0.1) is 0 Å². The third kappa shape index (κ3) is 68.2. The Morgan fingerprint density at radius 3 is 0.747 bits per heavy atom. The lowest BCUT2D eigenvalue weighted by Gasteiger charge is -2.18. The van der Waals surface area contributed by atoms with Crippen LogP contribution in [0.15, 0.2) is 134 Å². The molecule has 0 heterocycles. The molecular weight excluding hydrogens is 1020 g/mol. The molecule has 0 aromatic rings. The molecule has 6 heteroatoms. The lowest BCUT2D eigenvalue weighted by Crippen LogP contribution is -2.30. The van der Waals surface area contributed by atoms with E-state index in [0.717, 1.165) is 148 Å². The van der Waals surface area contributed by atoms with E-state index < -0.39 is 6.10 Å². The van der Waals surface area contributed by atoms with E-state index in [1.807, 2.05) is 0 Å². The van der Waals surface area contributed by atoms with Crippen molar-refractivity contribution >= 4 is 17.9 Å². The van der Waals surface area contributed by atoms with Gasteiger partial charge in [0.25, 0.3) is 0 Å². The Balaban J connectivity index is 4.47. The predicted molar refractivity (Wildman–Crippen MR) is 362 cm³/mol. The zero-order valence-corrected chi connectivity index (χ0v) is 54.2. The number of allylic oxidation sites excluding steroid dienone is 22. The SMILES string of the molecule is CC/C=C\C/C=C\C/C=C\C/C=C\C/C=C\C/C=C\C/C=C\CCCCCC(=O)OCC(COC(=O)CCCCCCCC/C=C\C/C=C\C/C=C\C/C=C\CC)OC(=O)CCCCCCCCCCCCCCCCCCCCCCC. The summed E-state index contributed by atoms with van der Waals surface area (Å²) in [6.07, 6.45) is 98.9. The number of ether oxygens (including phenoxy) is 3. The second kappa shape index (κ2) is 70.0. The quantitative estimate of drug-likeness (QED) is 0.0261. The van der Waals surface area contributed by atoms with Gasteiger partial charge in [-0.15, -0.1) is 0 Å². The smallest absolute Gasteiger partial charge is 0.306 e. The molecule has 0 radical (unpaired) electrons. The highest BCUT2D eigenvalue weighted by molar-refractivity contribution is 5.71. The van der Waals surface area contributed by atoms with Gasteiger partial charge >= 0.3 is 17.9 Å². The topological polar surface area (TPSA) is 78.9 Å². The maximum atomic E-state index is 13.0. The molecule has 0 saturated heterocycles. The van der Waals surface area contributed by atoms with Crippen LogP contribution in [0, 0.1) is 0 Å². The van der Waals surface area contributed by atoms with Gasteiger partial charge in [0.1, 0.15) is 13.2 Å². The molecule has 0 aromatic carbocycles. The minimum Gasteiger partial charge on any atom is -0.462 e. The first-order chi connectivity index (χ1) is 41.0. The van der Waals surface area contributed by atoms with E-state index in [-0.39, 0.29) is 31.1 Å². The molecule has 83 heavy (non-hydrogen) atoms.